The number of sulfonamides is 1. The van der Waals surface area contributed by atoms with Gasteiger partial charge in [-0.15, -0.1) is 0 Å². The molecule has 14 heteroatoms. The van der Waals surface area contributed by atoms with Crippen molar-refractivity contribution in [2.24, 2.45) is 0 Å². The van der Waals surface area contributed by atoms with Crippen molar-refractivity contribution in [2.75, 3.05) is 15.8 Å². The van der Waals surface area contributed by atoms with E-state index >= 15 is 0 Å². The summed E-state index contributed by atoms with van der Waals surface area (Å²) in [5.41, 5.74) is 2.00. The third-order valence-electron chi connectivity index (χ3n) is 7.32. The van der Waals surface area contributed by atoms with E-state index in [4.69, 9.17) is 9.72 Å². The molecule has 1 fully saturated rings. The van der Waals surface area contributed by atoms with Gasteiger partial charge < -0.3 is 15.4 Å². The van der Waals surface area contributed by atoms with Crippen LogP contribution in [0, 0.1) is 5.82 Å². The Balaban J connectivity index is 0.00000471. The van der Waals surface area contributed by atoms with Gasteiger partial charge >= 0.3 is 6.09 Å². The van der Waals surface area contributed by atoms with Crippen molar-refractivity contribution < 1.29 is 35.4 Å². The van der Waals surface area contributed by atoms with Gasteiger partial charge in [0.05, 0.1) is 28.8 Å². The zero-order chi connectivity index (χ0) is 35.2. The first-order valence-electron chi connectivity index (χ1n) is 16.0. The molecule has 3 aromatic rings. The van der Waals surface area contributed by atoms with Crippen LogP contribution in [-0.4, -0.2) is 58.8 Å². The number of carbonyl (C=O) groups is 1. The van der Waals surface area contributed by atoms with Gasteiger partial charge in [0.15, 0.2) is 0 Å². The fourth-order valence-corrected chi connectivity index (χ4v) is 6.26. The zero-order valence-electron chi connectivity index (χ0n) is 28.4. The van der Waals surface area contributed by atoms with Crippen LogP contribution in [0.3, 0.4) is 0 Å². The van der Waals surface area contributed by atoms with Crippen LogP contribution in [0.2, 0.25) is 0 Å². The minimum atomic E-state index is -4.17. The molecule has 3 N–H and O–H groups in total. The molecule has 1 aliphatic carbocycles. The second-order valence-electron chi connectivity index (χ2n) is 13.0. The summed E-state index contributed by atoms with van der Waals surface area (Å²) in [6.45, 7) is 14.1. The summed E-state index contributed by atoms with van der Waals surface area (Å²) in [5, 5.41) is 6.35. The number of anilines is 2. The number of amides is 1. The molecule has 1 amide bonds. The molecule has 2 aromatic heterocycles. The lowest BCUT2D eigenvalue weighted by Crippen LogP contribution is -2.42. The molecule has 0 unspecified atom stereocenters. The normalized spacial score (nSPS) is 17.1. The summed E-state index contributed by atoms with van der Waals surface area (Å²) in [6.07, 6.45) is 3.53. The highest BCUT2D eigenvalue weighted by Crippen LogP contribution is 2.31. The summed E-state index contributed by atoms with van der Waals surface area (Å²) in [4.78, 5) is 26.0. The van der Waals surface area contributed by atoms with Crippen molar-refractivity contribution in [1.29, 1.82) is 0 Å². The number of pyridine rings is 1. The number of hydrogen-bond donors (Lipinski definition) is 3. The zero-order valence-corrected chi connectivity index (χ0v) is 29.2. The van der Waals surface area contributed by atoms with E-state index in [1.807, 2.05) is 59.3 Å². The number of carbonyl (C=O) groups excluding carboxylic acids is 1. The number of alkyl carbamates (subject to hydrolysis) is 1. The maximum Gasteiger partial charge on any atom is 0.407 e. The summed E-state index contributed by atoms with van der Waals surface area (Å²) < 4.78 is 73.0. The smallest absolute Gasteiger partial charge is 0.407 e. The molecule has 0 spiro atoms. The molecule has 1 aromatic carbocycles. The standard InChI is InChI=1S/C31H41F3N6O4S.C2H6.3H2/c1-18(2)22-16-25(19-7-12-24(23(32)15-19)40-45(42,43)14-13-31(6,33)34)38-26-17-35-28(39-27(22)26)36-20-8-10-21(11-9-20)37-29(41)44-30(3,4)5;1-2;;;/h7,12,15-18,20-21,40H,8-11,13-14H2,1-6H3,(H,37,41)(H,35,36,39);1-2H3;3*1H. The minimum Gasteiger partial charge on any atom is -0.444 e. The Morgan fingerprint density at radius 3 is 2.26 bits per heavy atom. The van der Waals surface area contributed by atoms with Gasteiger partial charge in [-0.25, -0.2) is 41.3 Å². The van der Waals surface area contributed by atoms with E-state index in [-0.39, 0.29) is 28.0 Å². The summed E-state index contributed by atoms with van der Waals surface area (Å²) in [7, 11) is -4.17. The van der Waals surface area contributed by atoms with Gasteiger partial charge in [-0.1, -0.05) is 33.8 Å². The fraction of sp³-hybridized carbons (Fsp3) is 0.576. The molecule has 0 atom stereocenters. The molecule has 0 saturated heterocycles. The van der Waals surface area contributed by atoms with Gasteiger partial charge in [0.2, 0.25) is 21.9 Å². The Kier molecular flexibility index (Phi) is 12.4. The molecule has 2 heterocycles. The predicted octanol–water partition coefficient (Wildman–Crippen LogP) is 8.75. The number of ether oxygens (including phenoxy) is 1. The highest BCUT2D eigenvalue weighted by atomic mass is 32.2. The average Bonchev–Trinajstić information content (AvgIpc) is 2.97. The van der Waals surface area contributed by atoms with Crippen molar-refractivity contribution in [3.63, 3.8) is 0 Å². The maximum absolute atomic E-state index is 15.0. The quantitative estimate of drug-likeness (QED) is 0.193. The molecule has 0 aliphatic heterocycles. The fourth-order valence-electron chi connectivity index (χ4n) is 5.03. The molecule has 47 heavy (non-hydrogen) atoms. The highest BCUT2D eigenvalue weighted by Gasteiger charge is 2.27. The first-order valence-corrected chi connectivity index (χ1v) is 17.6. The van der Waals surface area contributed by atoms with Crippen molar-refractivity contribution in [1.82, 2.24) is 20.3 Å². The lowest BCUT2D eigenvalue weighted by molar-refractivity contribution is 0.0189. The Bertz CT molecular complexity index is 1650. The Hall–Kier alpha value is -3.68. The van der Waals surface area contributed by atoms with Crippen LogP contribution in [0.4, 0.5) is 29.6 Å². The van der Waals surface area contributed by atoms with Crippen LogP contribution in [0.25, 0.3) is 22.3 Å². The van der Waals surface area contributed by atoms with E-state index in [1.54, 1.807) is 6.20 Å². The first kappa shape index (κ1) is 37.8. The van der Waals surface area contributed by atoms with Gasteiger partial charge in [-0.2, -0.15) is 0 Å². The highest BCUT2D eigenvalue weighted by molar-refractivity contribution is 7.92. The molecule has 1 aliphatic rings. The van der Waals surface area contributed by atoms with Gasteiger partial charge in [-0.05, 0) is 83.1 Å². The molecular weight excluding hydrogens is 633 g/mol. The van der Waals surface area contributed by atoms with Crippen LogP contribution in [0.5, 0.6) is 0 Å². The number of aromatic nitrogens is 3. The number of hydrogen-bond acceptors (Lipinski definition) is 8. The van der Waals surface area contributed by atoms with Crippen LogP contribution in [0.15, 0.2) is 30.5 Å². The monoisotopic (exact) mass is 686 g/mol. The molecular formula is C33H53F3N6O4S. The lowest BCUT2D eigenvalue weighted by Gasteiger charge is -2.30. The van der Waals surface area contributed by atoms with Gasteiger partial charge in [-0.3, -0.25) is 4.72 Å². The topological polar surface area (TPSA) is 135 Å². The summed E-state index contributed by atoms with van der Waals surface area (Å²) in [5.74, 6) is -4.36. The van der Waals surface area contributed by atoms with E-state index in [1.165, 1.54) is 12.1 Å². The lowest BCUT2D eigenvalue weighted by atomic mass is 9.91. The Morgan fingerprint density at radius 2 is 1.68 bits per heavy atom. The molecule has 266 valence electrons. The molecule has 10 nitrogen and oxygen atoms in total. The van der Waals surface area contributed by atoms with Crippen molar-refractivity contribution in [3.05, 3.63) is 41.8 Å². The summed E-state index contributed by atoms with van der Waals surface area (Å²) in [6, 6.07) is 5.90. The molecule has 0 bridgehead atoms. The minimum absolute atomic E-state index is 0. The number of nitrogens with one attached hydrogen (secondary N) is 3. The van der Waals surface area contributed by atoms with E-state index in [2.05, 4.69) is 20.6 Å². The van der Waals surface area contributed by atoms with Crippen molar-refractivity contribution in [3.8, 4) is 11.3 Å². The number of alkyl halides is 2. The maximum atomic E-state index is 15.0. The van der Waals surface area contributed by atoms with E-state index in [9.17, 15) is 26.4 Å². The average molecular weight is 687 g/mol. The molecule has 4 rings (SSSR count). The third kappa shape index (κ3) is 11.5. The first-order chi connectivity index (χ1) is 21.9. The van der Waals surface area contributed by atoms with Crippen LogP contribution >= 0.6 is 0 Å². The van der Waals surface area contributed by atoms with Crippen molar-refractivity contribution >= 4 is 38.8 Å². The second kappa shape index (κ2) is 15.5. The largest absolute Gasteiger partial charge is 0.444 e. The Morgan fingerprint density at radius 1 is 1.04 bits per heavy atom. The molecule has 1 saturated carbocycles. The van der Waals surface area contributed by atoms with Gasteiger partial charge in [0, 0.05) is 28.3 Å². The van der Waals surface area contributed by atoms with E-state index < -0.39 is 45.6 Å². The number of rotatable bonds is 10. The van der Waals surface area contributed by atoms with Crippen LogP contribution in [0.1, 0.15) is 103 Å². The Labute approximate surface area is 280 Å². The summed E-state index contributed by atoms with van der Waals surface area (Å²) >= 11 is 0. The third-order valence-corrected chi connectivity index (χ3v) is 8.59. The SMILES string of the molecule is CC.CC(C)c1cc(-c2ccc(NS(=O)(=O)CCC(C)(F)F)c(F)c2)nc2cnc(NC3CCC(NC(=O)OC(C)(C)C)CC3)nc12.[HH].[HH].[HH]. The molecule has 0 radical (unpaired) electrons. The van der Waals surface area contributed by atoms with E-state index in [0.29, 0.717) is 35.2 Å². The second-order valence-corrected chi connectivity index (χ2v) is 14.8. The van der Waals surface area contributed by atoms with Gasteiger partial charge in [0.1, 0.15) is 16.9 Å². The number of fused-ring (bicyclic) bond motifs is 1. The van der Waals surface area contributed by atoms with E-state index in [0.717, 1.165) is 37.3 Å². The van der Waals surface area contributed by atoms with Crippen LogP contribution in [-0.2, 0) is 14.8 Å². The number of nitrogens with zero attached hydrogens (tertiary/aromatic N) is 3. The van der Waals surface area contributed by atoms with Crippen molar-refractivity contribution in [2.45, 2.75) is 117 Å². The number of benzene rings is 1. The van der Waals surface area contributed by atoms with Gasteiger partial charge in [0.25, 0.3) is 0 Å². The van der Waals surface area contributed by atoms with Crippen LogP contribution < -0.4 is 15.4 Å². The number of halogens is 3. The predicted molar refractivity (Wildman–Crippen MR) is 186 cm³/mol.